The Morgan fingerprint density at radius 3 is 2.38 bits per heavy atom. The summed E-state index contributed by atoms with van der Waals surface area (Å²) in [6, 6.07) is 0. The first-order valence-corrected chi connectivity index (χ1v) is 5.85. The van der Waals surface area contributed by atoms with Gasteiger partial charge in [0.05, 0.1) is 0 Å². The highest BCUT2D eigenvalue weighted by atomic mass is 16.1. The van der Waals surface area contributed by atoms with E-state index in [9.17, 15) is 4.79 Å². The molecular weight excluding hydrogens is 160 g/mol. The summed E-state index contributed by atoms with van der Waals surface area (Å²) in [5, 5.41) is 0. The molecule has 0 bridgehead atoms. The summed E-state index contributed by atoms with van der Waals surface area (Å²) in [5.74, 6) is 2.40. The van der Waals surface area contributed by atoms with Crippen LogP contribution < -0.4 is 0 Å². The fraction of sp³-hybridized carbons (Fsp3) is 0.917. The Hall–Kier alpha value is -0.330. The highest BCUT2D eigenvalue weighted by Crippen LogP contribution is 2.38. The van der Waals surface area contributed by atoms with Crippen LogP contribution in [0.15, 0.2) is 0 Å². The van der Waals surface area contributed by atoms with Gasteiger partial charge in [-0.3, -0.25) is 4.79 Å². The highest BCUT2D eigenvalue weighted by molar-refractivity contribution is 5.84. The van der Waals surface area contributed by atoms with Gasteiger partial charge < -0.3 is 0 Å². The van der Waals surface area contributed by atoms with Gasteiger partial charge in [0.15, 0.2) is 0 Å². The summed E-state index contributed by atoms with van der Waals surface area (Å²) in [6.45, 7) is 2.25. The third kappa shape index (κ3) is 1.79. The first kappa shape index (κ1) is 9.23. The van der Waals surface area contributed by atoms with Crippen molar-refractivity contribution < 1.29 is 4.79 Å². The minimum absolute atomic E-state index is 0.454. The van der Waals surface area contributed by atoms with E-state index in [4.69, 9.17) is 0 Å². The third-order valence-corrected chi connectivity index (χ3v) is 4.03. The SMILES string of the molecule is CCC1CCC(C(=O)C2CCC2)C1. The average molecular weight is 180 g/mol. The first-order valence-electron chi connectivity index (χ1n) is 5.85. The van der Waals surface area contributed by atoms with Crippen molar-refractivity contribution in [3.63, 3.8) is 0 Å². The van der Waals surface area contributed by atoms with E-state index in [0.29, 0.717) is 17.6 Å². The molecule has 0 radical (unpaired) electrons. The molecule has 2 rings (SSSR count). The quantitative estimate of drug-likeness (QED) is 0.652. The molecule has 1 heteroatoms. The summed E-state index contributed by atoms with van der Waals surface area (Å²) in [4.78, 5) is 11.9. The molecule has 2 atom stereocenters. The number of carbonyl (C=O) groups excluding carboxylic acids is 1. The van der Waals surface area contributed by atoms with Crippen LogP contribution in [-0.2, 0) is 4.79 Å². The second-order valence-corrected chi connectivity index (χ2v) is 4.81. The Kier molecular flexibility index (Phi) is 2.71. The highest BCUT2D eigenvalue weighted by Gasteiger charge is 2.35. The Balaban J connectivity index is 1.84. The maximum absolute atomic E-state index is 11.9. The van der Waals surface area contributed by atoms with Gasteiger partial charge in [0.1, 0.15) is 5.78 Å². The van der Waals surface area contributed by atoms with Gasteiger partial charge in [-0.15, -0.1) is 0 Å². The van der Waals surface area contributed by atoms with Crippen molar-refractivity contribution in [1.82, 2.24) is 0 Å². The smallest absolute Gasteiger partial charge is 0.139 e. The van der Waals surface area contributed by atoms with Crippen molar-refractivity contribution >= 4 is 5.78 Å². The van der Waals surface area contributed by atoms with E-state index in [2.05, 4.69) is 6.92 Å². The molecule has 2 aliphatic rings. The van der Waals surface area contributed by atoms with Crippen LogP contribution in [0, 0.1) is 17.8 Å². The third-order valence-electron chi connectivity index (χ3n) is 4.03. The predicted molar refractivity (Wildman–Crippen MR) is 53.5 cm³/mol. The Labute approximate surface area is 80.9 Å². The Morgan fingerprint density at radius 1 is 1.15 bits per heavy atom. The molecule has 1 nitrogen and oxygen atoms in total. The minimum atomic E-state index is 0.454. The van der Waals surface area contributed by atoms with E-state index < -0.39 is 0 Å². The van der Waals surface area contributed by atoms with Crippen molar-refractivity contribution in [3.8, 4) is 0 Å². The molecule has 2 saturated carbocycles. The lowest BCUT2D eigenvalue weighted by atomic mass is 9.77. The maximum Gasteiger partial charge on any atom is 0.139 e. The van der Waals surface area contributed by atoms with Gasteiger partial charge in [-0.1, -0.05) is 19.8 Å². The summed E-state index contributed by atoms with van der Waals surface area (Å²) in [5.41, 5.74) is 0. The summed E-state index contributed by atoms with van der Waals surface area (Å²) >= 11 is 0. The Bertz CT molecular complexity index is 193. The molecule has 0 aliphatic heterocycles. The van der Waals surface area contributed by atoms with Gasteiger partial charge in [0, 0.05) is 11.8 Å². The zero-order valence-electron chi connectivity index (χ0n) is 8.59. The fourth-order valence-electron chi connectivity index (χ4n) is 2.73. The number of carbonyl (C=O) groups is 1. The predicted octanol–water partition coefficient (Wildman–Crippen LogP) is 3.18. The van der Waals surface area contributed by atoms with Crippen LogP contribution in [0.25, 0.3) is 0 Å². The molecule has 0 N–H and O–H groups in total. The molecule has 0 aromatic carbocycles. The molecule has 0 aromatic heterocycles. The van der Waals surface area contributed by atoms with E-state index in [0.717, 1.165) is 5.92 Å². The molecule has 0 heterocycles. The van der Waals surface area contributed by atoms with E-state index in [-0.39, 0.29) is 0 Å². The summed E-state index contributed by atoms with van der Waals surface area (Å²) in [6.07, 6.45) is 8.63. The lowest BCUT2D eigenvalue weighted by molar-refractivity contribution is -0.129. The van der Waals surface area contributed by atoms with Crippen LogP contribution in [-0.4, -0.2) is 5.78 Å². The number of Topliss-reactive ketones (excluding diaryl/α,β-unsaturated/α-hetero) is 1. The summed E-state index contributed by atoms with van der Waals surface area (Å²) < 4.78 is 0. The second kappa shape index (κ2) is 3.81. The molecule has 0 spiro atoms. The molecule has 0 aromatic rings. The van der Waals surface area contributed by atoms with Gasteiger partial charge in [0.2, 0.25) is 0 Å². The van der Waals surface area contributed by atoms with Crippen LogP contribution in [0.1, 0.15) is 51.9 Å². The lowest BCUT2D eigenvalue weighted by Crippen LogP contribution is -2.27. The largest absolute Gasteiger partial charge is 0.299 e. The van der Waals surface area contributed by atoms with E-state index >= 15 is 0 Å². The van der Waals surface area contributed by atoms with Crippen molar-refractivity contribution in [2.75, 3.05) is 0 Å². The number of ketones is 1. The molecule has 2 unspecified atom stereocenters. The van der Waals surface area contributed by atoms with Crippen LogP contribution in [0.4, 0.5) is 0 Å². The van der Waals surface area contributed by atoms with Crippen LogP contribution in [0.3, 0.4) is 0 Å². The van der Waals surface area contributed by atoms with Gasteiger partial charge >= 0.3 is 0 Å². The zero-order valence-corrected chi connectivity index (χ0v) is 8.59. The van der Waals surface area contributed by atoms with Crippen molar-refractivity contribution in [2.24, 2.45) is 17.8 Å². The molecule has 2 aliphatic carbocycles. The van der Waals surface area contributed by atoms with Gasteiger partial charge in [0.25, 0.3) is 0 Å². The molecule has 0 amide bonds. The van der Waals surface area contributed by atoms with E-state index in [1.165, 1.54) is 44.9 Å². The maximum atomic E-state index is 11.9. The molecule has 74 valence electrons. The van der Waals surface area contributed by atoms with Crippen molar-refractivity contribution in [1.29, 1.82) is 0 Å². The first-order chi connectivity index (χ1) is 6.31. The lowest BCUT2D eigenvalue weighted by Gasteiger charge is -2.26. The Morgan fingerprint density at radius 2 is 1.92 bits per heavy atom. The number of hydrogen-bond acceptors (Lipinski definition) is 1. The topological polar surface area (TPSA) is 17.1 Å². The standard InChI is InChI=1S/C12H20O/c1-2-9-6-7-11(8-9)12(13)10-4-3-5-10/h9-11H,2-8H2,1H3. The van der Waals surface area contributed by atoms with Crippen LogP contribution in [0.5, 0.6) is 0 Å². The molecule has 13 heavy (non-hydrogen) atoms. The van der Waals surface area contributed by atoms with E-state index in [1.54, 1.807) is 0 Å². The monoisotopic (exact) mass is 180 g/mol. The van der Waals surface area contributed by atoms with Gasteiger partial charge in [-0.05, 0) is 38.0 Å². The molecule has 2 fully saturated rings. The second-order valence-electron chi connectivity index (χ2n) is 4.81. The van der Waals surface area contributed by atoms with Crippen LogP contribution in [0.2, 0.25) is 0 Å². The minimum Gasteiger partial charge on any atom is -0.299 e. The van der Waals surface area contributed by atoms with Crippen molar-refractivity contribution in [3.05, 3.63) is 0 Å². The fourth-order valence-corrected chi connectivity index (χ4v) is 2.73. The molecule has 0 saturated heterocycles. The number of hydrogen-bond donors (Lipinski definition) is 0. The normalized spacial score (nSPS) is 34.5. The van der Waals surface area contributed by atoms with Gasteiger partial charge in [-0.25, -0.2) is 0 Å². The molecular formula is C12H20O. The number of rotatable bonds is 3. The average Bonchev–Trinajstić information content (AvgIpc) is 2.48. The van der Waals surface area contributed by atoms with E-state index in [1.807, 2.05) is 0 Å². The summed E-state index contributed by atoms with van der Waals surface area (Å²) in [7, 11) is 0. The van der Waals surface area contributed by atoms with Gasteiger partial charge in [-0.2, -0.15) is 0 Å². The zero-order chi connectivity index (χ0) is 9.26. The van der Waals surface area contributed by atoms with Crippen LogP contribution >= 0.6 is 0 Å². The van der Waals surface area contributed by atoms with Crippen molar-refractivity contribution in [2.45, 2.75) is 51.9 Å².